The van der Waals surface area contributed by atoms with Crippen molar-refractivity contribution in [2.75, 3.05) is 26.2 Å². The molecule has 0 radical (unpaired) electrons. The molecule has 1 N–H and O–H groups in total. The molecule has 0 atom stereocenters. The Hall–Kier alpha value is -1.55. The standard InChI is InChI=1S/C24H28Cl3N3O4S/c1-16-22(7-6-21(26)23(16)27)34-18-10-12-29(13-11-18)17-8-14-30(15-9-17)35(32,33)28-24(31)19-4-2-3-5-20(19)25/h2-7,17-18H,8-15H2,1H3,(H,28,31). The fraction of sp³-hybridized carbons (Fsp3) is 0.458. The Morgan fingerprint density at radius 2 is 1.60 bits per heavy atom. The van der Waals surface area contributed by atoms with E-state index in [0.29, 0.717) is 42.0 Å². The SMILES string of the molecule is Cc1c(OC2CCN(C3CCN(S(=O)(=O)NC(=O)c4ccccc4Cl)CC3)CC2)ccc(Cl)c1Cl. The van der Waals surface area contributed by atoms with Crippen molar-refractivity contribution in [2.45, 2.75) is 44.8 Å². The fourth-order valence-electron chi connectivity index (χ4n) is 4.63. The highest BCUT2D eigenvalue weighted by Crippen LogP contribution is 2.34. The van der Waals surface area contributed by atoms with E-state index in [1.165, 1.54) is 10.4 Å². The van der Waals surface area contributed by atoms with E-state index in [4.69, 9.17) is 39.5 Å². The van der Waals surface area contributed by atoms with Gasteiger partial charge in [-0.15, -0.1) is 0 Å². The van der Waals surface area contributed by atoms with Gasteiger partial charge in [0.25, 0.3) is 5.91 Å². The number of carbonyl (C=O) groups excluding carboxylic acids is 1. The molecule has 0 bridgehead atoms. The molecule has 0 unspecified atom stereocenters. The lowest BCUT2D eigenvalue weighted by molar-refractivity contribution is 0.0581. The van der Waals surface area contributed by atoms with Gasteiger partial charge in [-0.2, -0.15) is 12.7 Å². The monoisotopic (exact) mass is 559 g/mol. The second-order valence-corrected chi connectivity index (χ2v) is 11.7. The van der Waals surface area contributed by atoms with Crippen LogP contribution in [0.3, 0.4) is 0 Å². The van der Waals surface area contributed by atoms with Gasteiger partial charge in [0.2, 0.25) is 0 Å². The first kappa shape index (κ1) is 26.5. The van der Waals surface area contributed by atoms with Gasteiger partial charge < -0.3 is 9.64 Å². The molecule has 2 aliphatic heterocycles. The number of nitrogens with zero attached hydrogens (tertiary/aromatic N) is 2. The summed E-state index contributed by atoms with van der Waals surface area (Å²) in [5.74, 6) is 0.0345. The molecule has 1 amide bonds. The molecule has 2 saturated heterocycles. The first-order valence-corrected chi connectivity index (χ1v) is 14.1. The highest BCUT2D eigenvalue weighted by atomic mass is 35.5. The van der Waals surface area contributed by atoms with E-state index in [0.717, 1.165) is 37.2 Å². The molecule has 0 spiro atoms. The summed E-state index contributed by atoms with van der Waals surface area (Å²) in [6.07, 6.45) is 3.28. The van der Waals surface area contributed by atoms with Crippen LogP contribution in [0.15, 0.2) is 36.4 Å². The Labute approximate surface area is 221 Å². The van der Waals surface area contributed by atoms with Crippen LogP contribution in [0.25, 0.3) is 0 Å². The minimum atomic E-state index is -3.94. The number of rotatable bonds is 6. The van der Waals surface area contributed by atoms with Gasteiger partial charge in [-0.05, 0) is 56.9 Å². The van der Waals surface area contributed by atoms with Crippen LogP contribution in [0.4, 0.5) is 0 Å². The largest absolute Gasteiger partial charge is 0.490 e. The molecule has 2 aromatic carbocycles. The number of ether oxygens (including phenoxy) is 1. The Morgan fingerprint density at radius 3 is 2.26 bits per heavy atom. The molecule has 2 aliphatic rings. The van der Waals surface area contributed by atoms with Crippen LogP contribution in [-0.4, -0.2) is 61.9 Å². The summed E-state index contributed by atoms with van der Waals surface area (Å²) < 4.78 is 35.2. The zero-order valence-electron chi connectivity index (χ0n) is 19.3. The minimum Gasteiger partial charge on any atom is -0.490 e. The maximum absolute atomic E-state index is 12.8. The lowest BCUT2D eigenvalue weighted by Crippen LogP contribution is -2.52. The number of amides is 1. The number of nitrogens with one attached hydrogen (secondary N) is 1. The van der Waals surface area contributed by atoms with Crippen molar-refractivity contribution in [3.63, 3.8) is 0 Å². The molecule has 0 saturated carbocycles. The van der Waals surface area contributed by atoms with E-state index in [2.05, 4.69) is 9.62 Å². The second kappa shape index (κ2) is 11.2. The fourth-order valence-corrected chi connectivity index (χ4v) is 6.38. The van der Waals surface area contributed by atoms with Gasteiger partial charge in [-0.3, -0.25) is 4.79 Å². The summed E-state index contributed by atoms with van der Waals surface area (Å²) >= 11 is 18.3. The molecule has 35 heavy (non-hydrogen) atoms. The van der Waals surface area contributed by atoms with Gasteiger partial charge in [0, 0.05) is 37.8 Å². The van der Waals surface area contributed by atoms with Crippen molar-refractivity contribution in [3.8, 4) is 5.75 Å². The number of carbonyl (C=O) groups is 1. The molecule has 2 fully saturated rings. The first-order valence-electron chi connectivity index (χ1n) is 11.6. The van der Waals surface area contributed by atoms with Gasteiger partial charge in [0.05, 0.1) is 20.6 Å². The average molecular weight is 561 g/mol. The average Bonchev–Trinajstić information content (AvgIpc) is 2.85. The smallest absolute Gasteiger partial charge is 0.304 e. The van der Waals surface area contributed by atoms with E-state index >= 15 is 0 Å². The Kier molecular flexibility index (Phi) is 8.51. The van der Waals surface area contributed by atoms with Crippen LogP contribution in [-0.2, 0) is 10.2 Å². The zero-order chi connectivity index (χ0) is 25.2. The van der Waals surface area contributed by atoms with Crippen molar-refractivity contribution in [3.05, 3.63) is 62.6 Å². The summed E-state index contributed by atoms with van der Waals surface area (Å²) in [7, 11) is -3.94. The number of hydrogen-bond acceptors (Lipinski definition) is 5. The summed E-state index contributed by atoms with van der Waals surface area (Å²) in [5, 5.41) is 1.25. The van der Waals surface area contributed by atoms with Crippen molar-refractivity contribution >= 4 is 50.9 Å². The predicted octanol–water partition coefficient (Wildman–Crippen LogP) is 4.94. The van der Waals surface area contributed by atoms with Gasteiger partial charge in [0.15, 0.2) is 0 Å². The van der Waals surface area contributed by atoms with E-state index in [-0.39, 0.29) is 16.7 Å². The van der Waals surface area contributed by atoms with E-state index in [1.807, 2.05) is 13.0 Å². The number of hydrogen-bond donors (Lipinski definition) is 1. The molecule has 190 valence electrons. The van der Waals surface area contributed by atoms with Crippen LogP contribution in [0.5, 0.6) is 5.75 Å². The van der Waals surface area contributed by atoms with Crippen LogP contribution in [0.1, 0.15) is 41.6 Å². The summed E-state index contributed by atoms with van der Waals surface area (Å²) in [6.45, 7) is 4.37. The van der Waals surface area contributed by atoms with Crippen LogP contribution in [0.2, 0.25) is 15.1 Å². The Morgan fingerprint density at radius 1 is 0.943 bits per heavy atom. The number of likely N-dealkylation sites (tertiary alicyclic amines) is 1. The summed E-state index contributed by atoms with van der Waals surface area (Å²) in [4.78, 5) is 14.8. The third-order valence-electron chi connectivity index (χ3n) is 6.68. The maximum atomic E-state index is 12.8. The topological polar surface area (TPSA) is 79.0 Å². The van der Waals surface area contributed by atoms with Gasteiger partial charge in [-0.1, -0.05) is 46.9 Å². The van der Waals surface area contributed by atoms with Crippen molar-refractivity contribution in [1.29, 1.82) is 0 Å². The molecule has 2 heterocycles. The van der Waals surface area contributed by atoms with E-state index in [9.17, 15) is 13.2 Å². The maximum Gasteiger partial charge on any atom is 0.304 e. The highest BCUT2D eigenvalue weighted by Gasteiger charge is 2.33. The Bertz CT molecular complexity index is 1180. The molecule has 2 aromatic rings. The third-order valence-corrected chi connectivity index (χ3v) is 9.40. The molecular formula is C24H28Cl3N3O4S. The van der Waals surface area contributed by atoms with Crippen molar-refractivity contribution in [2.24, 2.45) is 0 Å². The normalized spacial score (nSPS) is 19.0. The first-order chi connectivity index (χ1) is 16.7. The molecule has 11 heteroatoms. The van der Waals surface area contributed by atoms with Crippen LogP contribution in [0, 0.1) is 6.92 Å². The molecular weight excluding hydrogens is 533 g/mol. The quantitative estimate of drug-likeness (QED) is 0.542. The second-order valence-electron chi connectivity index (χ2n) is 8.88. The van der Waals surface area contributed by atoms with Crippen LogP contribution >= 0.6 is 34.8 Å². The lowest BCUT2D eigenvalue weighted by Gasteiger charge is -2.41. The van der Waals surface area contributed by atoms with Gasteiger partial charge in [0.1, 0.15) is 11.9 Å². The molecule has 4 rings (SSSR count). The predicted molar refractivity (Wildman–Crippen MR) is 139 cm³/mol. The van der Waals surface area contributed by atoms with Gasteiger partial charge >= 0.3 is 10.2 Å². The lowest BCUT2D eigenvalue weighted by atomic mass is 10.00. The van der Waals surface area contributed by atoms with Crippen molar-refractivity contribution < 1.29 is 17.9 Å². The van der Waals surface area contributed by atoms with Gasteiger partial charge in [-0.25, -0.2) is 4.72 Å². The number of piperidine rings is 2. The third kappa shape index (κ3) is 6.24. The zero-order valence-corrected chi connectivity index (χ0v) is 22.4. The summed E-state index contributed by atoms with van der Waals surface area (Å²) in [5.41, 5.74) is 0.977. The van der Waals surface area contributed by atoms with Crippen LogP contribution < -0.4 is 9.46 Å². The number of halogens is 3. The molecule has 0 aromatic heterocycles. The summed E-state index contributed by atoms with van der Waals surface area (Å²) in [6, 6.07) is 10.3. The number of benzene rings is 2. The molecule has 0 aliphatic carbocycles. The Balaban J connectivity index is 1.26. The van der Waals surface area contributed by atoms with E-state index in [1.54, 1.807) is 24.3 Å². The van der Waals surface area contributed by atoms with E-state index < -0.39 is 16.1 Å². The van der Waals surface area contributed by atoms with Crippen molar-refractivity contribution in [1.82, 2.24) is 13.9 Å². The minimum absolute atomic E-state index is 0.0997. The highest BCUT2D eigenvalue weighted by molar-refractivity contribution is 7.87. The molecule has 7 nitrogen and oxygen atoms in total.